The summed E-state index contributed by atoms with van der Waals surface area (Å²) in [6, 6.07) is 1.71. The van der Waals surface area contributed by atoms with Crippen LogP contribution in [0.5, 0.6) is 0 Å². The van der Waals surface area contributed by atoms with Crippen LogP contribution in [-0.4, -0.2) is 132 Å². The summed E-state index contributed by atoms with van der Waals surface area (Å²) >= 11 is 2.46. The lowest BCUT2D eigenvalue weighted by Gasteiger charge is -2.21. The number of hydrogen-bond donors (Lipinski definition) is 8. The summed E-state index contributed by atoms with van der Waals surface area (Å²) in [5.74, 6) is -5.73. The minimum Gasteiger partial charge on any atom is -0.393 e. The molecule has 0 spiro atoms. The monoisotopic (exact) mass is 1700 g/mol. The molecular weight excluding hydrogens is 1580 g/mol. The molecule has 25 nitrogen and oxygen atoms in total. The third-order valence-electron chi connectivity index (χ3n) is 17.7. The van der Waals surface area contributed by atoms with E-state index in [1.807, 2.05) is 45.1 Å². The Balaban J connectivity index is 0.000000540. The van der Waals surface area contributed by atoms with Crippen LogP contribution in [-0.2, 0) is 50.8 Å². The molecule has 0 bridgehead atoms. The number of aliphatic hydroxyl groups excluding tert-OH is 1. The van der Waals surface area contributed by atoms with Crippen LogP contribution in [0.15, 0.2) is 39.0 Å². The van der Waals surface area contributed by atoms with Gasteiger partial charge in [0.15, 0.2) is 23.3 Å². The molecule has 5 rings (SSSR count). The molecule has 1 aromatic carbocycles. The van der Waals surface area contributed by atoms with Gasteiger partial charge in [-0.2, -0.15) is 36.3 Å². The Kier molecular flexibility index (Phi) is 49.4. The van der Waals surface area contributed by atoms with Gasteiger partial charge in [-0.15, -0.1) is 23.5 Å². The Morgan fingerprint density at radius 1 is 0.582 bits per heavy atom. The molecule has 3 unspecified atom stereocenters. The van der Waals surface area contributed by atoms with Gasteiger partial charge in [-0.1, -0.05) is 247 Å². The second kappa shape index (κ2) is 53.3. The second-order valence-electron chi connectivity index (χ2n) is 28.1. The van der Waals surface area contributed by atoms with Crippen molar-refractivity contribution in [1.82, 2.24) is 29.7 Å². The van der Waals surface area contributed by atoms with Gasteiger partial charge in [0.25, 0.3) is 9.05 Å². The quantitative estimate of drug-likeness (QED) is 0.0113. The van der Waals surface area contributed by atoms with E-state index >= 15 is 0 Å². The van der Waals surface area contributed by atoms with Crippen LogP contribution in [0.1, 0.15) is 295 Å². The number of hydrogen-bond acceptors (Lipinski definition) is 20. The third-order valence-corrected chi connectivity index (χ3v) is 22.7. The molecule has 7 atom stereocenters. The summed E-state index contributed by atoms with van der Waals surface area (Å²) in [6.45, 7) is 14.6. The number of benzene rings is 1. The fraction of sp³-hybridized carbons (Fsp3) is 0.775. The summed E-state index contributed by atoms with van der Waals surface area (Å²) in [7, 11) is -7.63. The first-order chi connectivity index (χ1) is 51.5. The number of nitrogen functional groups attached to an aromatic ring is 2. The zero-order valence-corrected chi connectivity index (χ0v) is 69.5. The van der Waals surface area contributed by atoms with Crippen molar-refractivity contribution in [1.29, 1.82) is 0 Å². The number of phosphoric acid groups is 2. The minimum atomic E-state index is -5.12. The largest absolute Gasteiger partial charge is 0.472 e. The highest BCUT2D eigenvalue weighted by atomic mass is 35.7. The number of halogens is 9. The molecule has 2 saturated heterocycles. The molecule has 0 aliphatic carbocycles. The molecule has 2 aromatic heterocycles. The standard InChI is InChI=1S/C28H47F4N4O7PS.C20H39F3NO5P.C15H23ClO2S.C8H10FN3O3S/c1-2-3-4-5-6-7-8-9-10-11-12-13-14-15-16-21(34-26(37)28(30,31)32)18-41-44(39,40)42-19-24-43-23(20-45-24)36-17-22(29)25(33)35-27(36)38;1-2-3-4-5-6-7-8-9-10-11-12-13-14-15-16-18(17-29-30(26,27)28)24-19(25)20(21,22)23;1-9(2)12-7-13(10(3)4)15(19(16,17)18)14(8-12)11(5)6;9-4-1-12(8(14)11-7(4)10)5-3-16-6(2-13)15-5/h17,21,23-24H,2-16,18-20H2,1H3,(H,34,37)(H,39,40)(H2,33,35,38);18H,2-17H2,1H3,(H,24,25)(H2,26,27,28);7-11H,1-6H3;1,5-6,13H,2-3H2,(H2,10,11,14)/t21-,23+,24?;18-;;5-,6?/m11.0/s1. The molecule has 636 valence electrons. The zero-order chi connectivity index (χ0) is 82.8. The third kappa shape index (κ3) is 43.1. The number of nitrogens with one attached hydrogen (secondary N) is 2. The van der Waals surface area contributed by atoms with Crippen molar-refractivity contribution in [2.45, 2.75) is 318 Å². The Morgan fingerprint density at radius 3 is 1.21 bits per heavy atom. The van der Waals surface area contributed by atoms with E-state index < -0.39 is 139 Å². The number of carbonyl (C=O) groups excluding carboxylic acids is 2. The van der Waals surface area contributed by atoms with Gasteiger partial charge < -0.3 is 51.4 Å². The number of nitrogens with zero attached hydrogens (tertiary/aromatic N) is 4. The van der Waals surface area contributed by atoms with E-state index in [4.69, 9.17) is 55.6 Å². The number of phosphoric ester groups is 2. The van der Waals surface area contributed by atoms with Crippen molar-refractivity contribution in [3.8, 4) is 0 Å². The number of anilines is 2. The summed E-state index contributed by atoms with van der Waals surface area (Å²) in [5.41, 5.74) is 10.5. The predicted octanol–water partition coefficient (Wildman–Crippen LogP) is 17.1. The maximum Gasteiger partial charge on any atom is 0.472 e. The number of unbranched alkanes of at least 4 members (excludes halogenated alkanes) is 26. The van der Waals surface area contributed by atoms with Crippen molar-refractivity contribution in [3.05, 3.63) is 73.8 Å². The Bertz CT molecular complexity index is 3470. The van der Waals surface area contributed by atoms with Gasteiger partial charge in [-0.3, -0.25) is 32.3 Å². The molecular formula is C71H119ClF8N8O17P2S3. The number of carbonyl (C=O) groups is 2. The van der Waals surface area contributed by atoms with Crippen molar-refractivity contribution in [3.63, 3.8) is 0 Å². The van der Waals surface area contributed by atoms with Crippen molar-refractivity contribution in [2.75, 3.05) is 49.4 Å². The molecule has 4 heterocycles. The van der Waals surface area contributed by atoms with E-state index in [1.165, 1.54) is 121 Å². The molecule has 2 aliphatic heterocycles. The second-order valence-corrected chi connectivity index (χ2v) is 35.7. The van der Waals surface area contributed by atoms with E-state index in [1.54, 1.807) is 5.32 Å². The predicted molar refractivity (Wildman–Crippen MR) is 413 cm³/mol. The number of amides is 2. The molecule has 2 amide bonds. The highest BCUT2D eigenvalue weighted by Gasteiger charge is 2.42. The Morgan fingerprint density at radius 2 is 0.909 bits per heavy atom. The molecule has 2 fully saturated rings. The van der Waals surface area contributed by atoms with Crippen LogP contribution in [0.4, 0.5) is 46.8 Å². The summed E-state index contributed by atoms with van der Waals surface area (Å²) in [5, 5.41) is 12.4. The van der Waals surface area contributed by atoms with E-state index in [-0.39, 0.29) is 37.0 Å². The molecule has 10 N–H and O–H groups in total. The smallest absolute Gasteiger partial charge is 0.393 e. The normalized spacial score (nSPS) is 17.2. The maximum absolute atomic E-state index is 13.7. The van der Waals surface area contributed by atoms with Gasteiger partial charge in [-0.25, -0.2) is 35.9 Å². The van der Waals surface area contributed by atoms with Crippen LogP contribution in [0.3, 0.4) is 0 Å². The van der Waals surface area contributed by atoms with Crippen LogP contribution in [0.25, 0.3) is 0 Å². The molecule has 110 heavy (non-hydrogen) atoms. The van der Waals surface area contributed by atoms with Crippen molar-refractivity contribution >= 4 is 82.4 Å². The molecule has 0 radical (unpaired) electrons. The summed E-state index contributed by atoms with van der Waals surface area (Å²) in [6.07, 6.45) is 21.9. The highest BCUT2D eigenvalue weighted by molar-refractivity contribution is 8.13. The number of nitrogens with two attached hydrogens (primary N) is 2. The van der Waals surface area contributed by atoms with Crippen LogP contribution in [0.2, 0.25) is 0 Å². The Labute approximate surface area is 655 Å². The summed E-state index contributed by atoms with van der Waals surface area (Å²) in [4.78, 5) is 80.5. The zero-order valence-electron chi connectivity index (χ0n) is 64.5. The van der Waals surface area contributed by atoms with Gasteiger partial charge in [-0.05, 0) is 47.3 Å². The maximum atomic E-state index is 13.7. The lowest BCUT2D eigenvalue weighted by molar-refractivity contribution is -0.174. The molecule has 3 aromatic rings. The average Bonchev–Trinajstić information content (AvgIpc) is 0.939. The molecule has 2 aliphatic rings. The first-order valence-electron chi connectivity index (χ1n) is 38.0. The summed E-state index contributed by atoms with van der Waals surface area (Å²) < 4.78 is 177. The van der Waals surface area contributed by atoms with E-state index in [0.717, 1.165) is 108 Å². The number of ether oxygens (including phenoxy) is 2. The van der Waals surface area contributed by atoms with Crippen molar-refractivity contribution < 1.29 is 105 Å². The topological polar surface area (TPSA) is 375 Å². The number of thioether (sulfide) groups is 2. The fourth-order valence-corrected chi connectivity index (χ4v) is 16.4. The number of aliphatic hydroxyl groups is 1. The van der Waals surface area contributed by atoms with Gasteiger partial charge in [0.05, 0.1) is 55.8 Å². The first kappa shape index (κ1) is 102. The van der Waals surface area contributed by atoms with Gasteiger partial charge in [0.2, 0.25) is 0 Å². The number of rotatable bonds is 48. The lowest BCUT2D eigenvalue weighted by Crippen LogP contribution is -2.45. The SMILES string of the molecule is CC(C)c1cc(C(C)C)c(S(=O)(=O)Cl)c(C(C)C)c1.CCCCCCCCCCCCCCCC[C@H](COP(=O)(O)O)NC(=O)C(F)(F)F.CCCCCCCCCCCCCCCC[C@H](COP(=O)(O)OCC1O[C@H](n2cc(F)c(N)nc2=O)CS1)NC(=O)C(F)(F)F.Nc1nc(=O)n([C@@H]2CSC(CO)O2)cc1F. The first-order valence-corrected chi connectivity index (χ1v) is 45.4. The van der Waals surface area contributed by atoms with Gasteiger partial charge in [0.1, 0.15) is 23.3 Å². The van der Waals surface area contributed by atoms with Gasteiger partial charge in [0, 0.05) is 22.2 Å². The Hall–Kier alpha value is -4.00. The minimum absolute atomic E-state index is 0.115. The number of aromatic nitrogens is 4. The number of alkyl halides is 6. The van der Waals surface area contributed by atoms with E-state index in [0.29, 0.717) is 29.4 Å². The van der Waals surface area contributed by atoms with Crippen LogP contribution < -0.4 is 33.5 Å². The lowest BCUT2D eigenvalue weighted by atomic mass is 9.89. The average molecular weight is 1700 g/mol. The highest BCUT2D eigenvalue weighted by Crippen LogP contribution is 2.46. The fourth-order valence-electron chi connectivity index (χ4n) is 11.5. The molecule has 39 heteroatoms. The van der Waals surface area contributed by atoms with Crippen molar-refractivity contribution in [2.24, 2.45) is 0 Å². The molecule has 0 saturated carbocycles. The van der Waals surface area contributed by atoms with Gasteiger partial charge >= 0.3 is 51.2 Å². The van der Waals surface area contributed by atoms with Crippen LogP contribution in [0, 0.1) is 11.6 Å². The van der Waals surface area contributed by atoms with E-state index in [2.05, 4.69) is 42.2 Å². The van der Waals surface area contributed by atoms with Crippen LogP contribution >= 0.6 is 49.9 Å². The van der Waals surface area contributed by atoms with E-state index in [9.17, 15) is 76.7 Å².